The lowest BCUT2D eigenvalue weighted by molar-refractivity contribution is 0.0173. The molecule has 2 atom stereocenters. The number of ether oxygens (including phenoxy) is 1. The first-order valence-electron chi connectivity index (χ1n) is 6.63. The van der Waals surface area contributed by atoms with Gasteiger partial charge in [-0.3, -0.25) is 4.90 Å². The van der Waals surface area contributed by atoms with Crippen molar-refractivity contribution in [1.29, 1.82) is 0 Å². The highest BCUT2D eigenvalue weighted by atomic mass is 32.1. The van der Waals surface area contributed by atoms with Crippen molar-refractivity contribution < 1.29 is 9.84 Å². The van der Waals surface area contributed by atoms with Crippen molar-refractivity contribution in [3.8, 4) is 12.3 Å². The summed E-state index contributed by atoms with van der Waals surface area (Å²) in [5.74, 6) is 2.40. The second kappa shape index (κ2) is 9.11. The van der Waals surface area contributed by atoms with Crippen LogP contribution in [0.25, 0.3) is 0 Å². The minimum absolute atomic E-state index is 0.255. The molecule has 2 unspecified atom stereocenters. The largest absolute Gasteiger partial charge is 0.389 e. The van der Waals surface area contributed by atoms with Crippen LogP contribution < -0.4 is 0 Å². The fourth-order valence-corrected chi connectivity index (χ4v) is 2.57. The third-order valence-corrected chi connectivity index (χ3v) is 3.96. The summed E-state index contributed by atoms with van der Waals surface area (Å²) in [4.78, 5) is 3.60. The highest BCUT2D eigenvalue weighted by molar-refractivity contribution is 7.09. The summed E-state index contributed by atoms with van der Waals surface area (Å²) in [5.41, 5.74) is 0. The summed E-state index contributed by atoms with van der Waals surface area (Å²) in [6.45, 7) is 6.37. The summed E-state index contributed by atoms with van der Waals surface area (Å²) in [5, 5.41) is 12.1. The van der Waals surface area contributed by atoms with E-state index in [1.54, 1.807) is 11.3 Å². The number of rotatable bonds is 9. The van der Waals surface area contributed by atoms with Crippen molar-refractivity contribution in [1.82, 2.24) is 4.90 Å². The summed E-state index contributed by atoms with van der Waals surface area (Å²) < 4.78 is 5.18. The molecule has 106 valence electrons. The van der Waals surface area contributed by atoms with Crippen LogP contribution in [0.4, 0.5) is 0 Å². The molecule has 19 heavy (non-hydrogen) atoms. The SMILES string of the molecule is C#CCOCC(O)CN(Cc1cccs1)C(C)CC. The van der Waals surface area contributed by atoms with Gasteiger partial charge in [-0.1, -0.05) is 18.9 Å². The zero-order valence-electron chi connectivity index (χ0n) is 11.7. The molecule has 0 saturated heterocycles. The van der Waals surface area contributed by atoms with Crippen molar-refractivity contribution in [3.63, 3.8) is 0 Å². The van der Waals surface area contributed by atoms with E-state index in [0.717, 1.165) is 13.0 Å². The fourth-order valence-electron chi connectivity index (χ4n) is 1.84. The molecule has 0 aliphatic heterocycles. The molecule has 0 amide bonds. The van der Waals surface area contributed by atoms with Crippen LogP contribution in [0.1, 0.15) is 25.1 Å². The van der Waals surface area contributed by atoms with Crippen molar-refractivity contribution in [2.24, 2.45) is 0 Å². The smallest absolute Gasteiger partial charge is 0.107 e. The normalized spacial score (nSPS) is 14.3. The van der Waals surface area contributed by atoms with Crippen molar-refractivity contribution in [2.45, 2.75) is 39.0 Å². The van der Waals surface area contributed by atoms with Gasteiger partial charge in [0, 0.05) is 24.0 Å². The molecule has 0 spiro atoms. The van der Waals surface area contributed by atoms with Crippen LogP contribution in [0.2, 0.25) is 0 Å². The fraction of sp³-hybridized carbons (Fsp3) is 0.600. The Morgan fingerprint density at radius 2 is 2.37 bits per heavy atom. The molecule has 1 N–H and O–H groups in total. The average molecular weight is 281 g/mol. The van der Waals surface area contributed by atoms with E-state index in [1.807, 2.05) is 0 Å². The Morgan fingerprint density at radius 1 is 1.58 bits per heavy atom. The first-order chi connectivity index (χ1) is 9.17. The lowest BCUT2D eigenvalue weighted by Crippen LogP contribution is -2.39. The molecule has 1 rings (SSSR count). The van der Waals surface area contributed by atoms with Gasteiger partial charge in [0.1, 0.15) is 6.61 Å². The van der Waals surface area contributed by atoms with Gasteiger partial charge in [0.2, 0.25) is 0 Å². The van der Waals surface area contributed by atoms with E-state index < -0.39 is 6.10 Å². The Morgan fingerprint density at radius 3 is 2.95 bits per heavy atom. The maximum atomic E-state index is 9.99. The van der Waals surface area contributed by atoms with Crippen LogP contribution in [0.5, 0.6) is 0 Å². The van der Waals surface area contributed by atoms with Gasteiger partial charge >= 0.3 is 0 Å². The first kappa shape index (κ1) is 16.2. The molecular formula is C15H23NO2S. The lowest BCUT2D eigenvalue weighted by atomic mass is 10.2. The predicted molar refractivity (Wildman–Crippen MR) is 80.1 cm³/mol. The van der Waals surface area contributed by atoms with Crippen molar-refractivity contribution in [2.75, 3.05) is 19.8 Å². The number of terminal acetylenes is 1. The molecule has 0 bridgehead atoms. The molecule has 3 nitrogen and oxygen atoms in total. The Balaban J connectivity index is 2.47. The van der Waals surface area contributed by atoms with Gasteiger partial charge in [-0.15, -0.1) is 17.8 Å². The van der Waals surface area contributed by atoms with Crippen LogP contribution >= 0.6 is 11.3 Å². The Kier molecular flexibility index (Phi) is 7.76. The summed E-state index contributed by atoms with van der Waals surface area (Å²) >= 11 is 1.75. The van der Waals surface area contributed by atoms with Gasteiger partial charge in [-0.05, 0) is 24.8 Å². The van der Waals surface area contributed by atoms with E-state index in [9.17, 15) is 5.11 Å². The second-order valence-corrected chi connectivity index (χ2v) is 5.67. The molecule has 0 aliphatic rings. The Labute approximate surface area is 120 Å². The number of nitrogens with zero attached hydrogens (tertiary/aromatic N) is 1. The van der Waals surface area contributed by atoms with E-state index in [2.05, 4.69) is 42.2 Å². The van der Waals surface area contributed by atoms with Gasteiger partial charge in [0.05, 0.1) is 12.7 Å². The minimum atomic E-state index is -0.498. The van der Waals surface area contributed by atoms with E-state index in [1.165, 1.54) is 4.88 Å². The second-order valence-electron chi connectivity index (χ2n) is 4.64. The lowest BCUT2D eigenvalue weighted by Gasteiger charge is -2.29. The standard InChI is InChI=1S/C15H23NO2S/c1-4-8-18-12-14(17)10-16(13(3)5-2)11-15-7-6-9-19-15/h1,6-7,9,13-14,17H,5,8,10-12H2,2-3H3. The van der Waals surface area contributed by atoms with Crippen LogP contribution in [0.3, 0.4) is 0 Å². The molecule has 0 aromatic carbocycles. The van der Waals surface area contributed by atoms with Gasteiger partial charge in [0.15, 0.2) is 0 Å². The zero-order valence-corrected chi connectivity index (χ0v) is 12.5. The van der Waals surface area contributed by atoms with Crippen molar-refractivity contribution in [3.05, 3.63) is 22.4 Å². The quantitative estimate of drug-likeness (QED) is 0.557. The first-order valence-corrected chi connectivity index (χ1v) is 7.51. The van der Waals surface area contributed by atoms with E-state index in [4.69, 9.17) is 11.2 Å². The molecule has 1 heterocycles. The number of hydrogen-bond donors (Lipinski definition) is 1. The van der Waals surface area contributed by atoms with E-state index in [0.29, 0.717) is 19.2 Å². The van der Waals surface area contributed by atoms with Crippen LogP contribution in [0.15, 0.2) is 17.5 Å². The molecule has 0 fully saturated rings. The monoisotopic (exact) mass is 281 g/mol. The van der Waals surface area contributed by atoms with E-state index in [-0.39, 0.29) is 6.61 Å². The van der Waals surface area contributed by atoms with Gasteiger partial charge in [-0.2, -0.15) is 0 Å². The maximum Gasteiger partial charge on any atom is 0.107 e. The van der Waals surface area contributed by atoms with Gasteiger partial charge < -0.3 is 9.84 Å². The van der Waals surface area contributed by atoms with E-state index >= 15 is 0 Å². The van der Waals surface area contributed by atoms with Crippen LogP contribution in [-0.4, -0.2) is 41.9 Å². The third-order valence-electron chi connectivity index (χ3n) is 3.09. The van der Waals surface area contributed by atoms with Gasteiger partial charge in [-0.25, -0.2) is 0 Å². The Bertz CT molecular complexity index is 372. The summed E-state index contributed by atoms with van der Waals surface area (Å²) in [6.07, 6.45) is 5.67. The molecular weight excluding hydrogens is 258 g/mol. The maximum absolute atomic E-state index is 9.99. The van der Waals surface area contributed by atoms with Crippen molar-refractivity contribution >= 4 is 11.3 Å². The zero-order chi connectivity index (χ0) is 14.1. The molecule has 1 aromatic rings. The number of thiophene rings is 1. The molecule has 1 aromatic heterocycles. The summed E-state index contributed by atoms with van der Waals surface area (Å²) in [6, 6.07) is 4.62. The number of aliphatic hydroxyl groups is 1. The molecule has 0 radical (unpaired) electrons. The predicted octanol–water partition coefficient (Wildman–Crippen LogP) is 2.36. The van der Waals surface area contributed by atoms with Crippen LogP contribution in [0, 0.1) is 12.3 Å². The van der Waals surface area contributed by atoms with Gasteiger partial charge in [0.25, 0.3) is 0 Å². The van der Waals surface area contributed by atoms with Crippen LogP contribution in [-0.2, 0) is 11.3 Å². The Hall–Kier alpha value is -0.860. The minimum Gasteiger partial charge on any atom is -0.389 e. The number of hydrogen-bond acceptors (Lipinski definition) is 4. The number of aliphatic hydroxyl groups excluding tert-OH is 1. The molecule has 0 aliphatic carbocycles. The average Bonchev–Trinajstić information content (AvgIpc) is 2.90. The molecule has 0 saturated carbocycles. The highest BCUT2D eigenvalue weighted by Crippen LogP contribution is 2.15. The summed E-state index contributed by atoms with van der Waals surface area (Å²) in [7, 11) is 0. The highest BCUT2D eigenvalue weighted by Gasteiger charge is 2.17. The molecule has 4 heteroatoms. The third kappa shape index (κ3) is 6.22. The topological polar surface area (TPSA) is 32.7 Å².